The van der Waals surface area contributed by atoms with Crippen LogP contribution in [0.2, 0.25) is 0 Å². The maximum absolute atomic E-state index is 12.6. The Labute approximate surface area is 129 Å². The number of benzene rings is 1. The Hall–Kier alpha value is -2.84. The van der Waals surface area contributed by atoms with Crippen LogP contribution in [0.3, 0.4) is 0 Å². The number of nitrogens with zero attached hydrogens (tertiary/aromatic N) is 2. The molecule has 6 nitrogen and oxygen atoms in total. The van der Waals surface area contributed by atoms with E-state index in [1.165, 1.54) is 7.11 Å². The largest absolute Gasteiger partial charge is 0.497 e. The first-order chi connectivity index (χ1) is 10.8. The van der Waals surface area contributed by atoms with E-state index in [0.29, 0.717) is 18.0 Å². The lowest BCUT2D eigenvalue weighted by Crippen LogP contribution is -2.10. The van der Waals surface area contributed by atoms with Gasteiger partial charge in [-0.15, -0.1) is 0 Å². The van der Waals surface area contributed by atoms with Crippen LogP contribution in [0.4, 0.5) is 24.7 Å². The minimum Gasteiger partial charge on any atom is -0.497 e. The predicted molar refractivity (Wildman–Crippen MR) is 76.2 cm³/mol. The van der Waals surface area contributed by atoms with Gasteiger partial charge in [0.05, 0.1) is 17.6 Å². The van der Waals surface area contributed by atoms with Crippen LogP contribution in [0.15, 0.2) is 36.5 Å². The van der Waals surface area contributed by atoms with Crippen LogP contribution >= 0.6 is 0 Å². The number of aromatic nitrogens is 1. The molecule has 0 spiro atoms. The summed E-state index contributed by atoms with van der Waals surface area (Å²) in [5.74, 6) is 0.366. The zero-order valence-corrected chi connectivity index (χ0v) is 11.9. The van der Waals surface area contributed by atoms with Crippen LogP contribution < -0.4 is 10.1 Å². The van der Waals surface area contributed by atoms with E-state index >= 15 is 0 Å². The van der Waals surface area contributed by atoms with Gasteiger partial charge in [-0.1, -0.05) is 12.1 Å². The fourth-order valence-corrected chi connectivity index (χ4v) is 1.85. The molecular formula is C14H12F3N3O3. The summed E-state index contributed by atoms with van der Waals surface area (Å²) >= 11 is 0. The molecule has 0 unspecified atom stereocenters. The van der Waals surface area contributed by atoms with Crippen molar-refractivity contribution in [3.05, 3.63) is 57.8 Å². The monoisotopic (exact) mass is 327 g/mol. The van der Waals surface area contributed by atoms with Gasteiger partial charge in [0.2, 0.25) is 5.82 Å². The number of methoxy groups -OCH3 is 1. The molecule has 1 aromatic carbocycles. The zero-order chi connectivity index (χ0) is 17.0. The van der Waals surface area contributed by atoms with E-state index in [2.05, 4.69) is 10.3 Å². The summed E-state index contributed by atoms with van der Waals surface area (Å²) in [7, 11) is 1.49. The molecule has 122 valence electrons. The standard InChI is InChI=1S/C14H12F3N3O3/c1-23-11-4-2-3-9(5-11)7-18-13-12(20(21)22)6-10(8-19-13)14(15,16)17/h2-6,8H,7H2,1H3,(H,18,19). The molecule has 0 saturated carbocycles. The van der Waals surface area contributed by atoms with Crippen LogP contribution in [0.1, 0.15) is 11.1 Å². The lowest BCUT2D eigenvalue weighted by Gasteiger charge is -2.10. The van der Waals surface area contributed by atoms with Gasteiger partial charge in [0.15, 0.2) is 0 Å². The Bertz CT molecular complexity index is 720. The second-order valence-corrected chi connectivity index (χ2v) is 4.55. The number of anilines is 1. The summed E-state index contributed by atoms with van der Waals surface area (Å²) < 4.78 is 42.8. The Morgan fingerprint density at radius 1 is 1.35 bits per heavy atom. The summed E-state index contributed by atoms with van der Waals surface area (Å²) in [6, 6.07) is 7.35. The van der Waals surface area contributed by atoms with Gasteiger partial charge in [-0.05, 0) is 17.7 Å². The number of nitrogens with one attached hydrogen (secondary N) is 1. The van der Waals surface area contributed by atoms with Crippen molar-refractivity contribution in [3.63, 3.8) is 0 Å². The second kappa shape index (κ2) is 6.51. The van der Waals surface area contributed by atoms with Crippen LogP contribution in [0.5, 0.6) is 5.75 Å². The Balaban J connectivity index is 2.23. The third-order valence-corrected chi connectivity index (χ3v) is 2.99. The molecule has 2 aromatic rings. The Morgan fingerprint density at radius 2 is 2.09 bits per heavy atom. The summed E-state index contributed by atoms with van der Waals surface area (Å²) in [5.41, 5.74) is -1.17. The first kappa shape index (κ1) is 16.5. The van der Waals surface area contributed by atoms with Gasteiger partial charge < -0.3 is 10.1 Å². The van der Waals surface area contributed by atoms with Crippen molar-refractivity contribution in [3.8, 4) is 5.75 Å². The third-order valence-electron chi connectivity index (χ3n) is 2.99. The number of nitro groups is 1. The fraction of sp³-hybridized carbons (Fsp3) is 0.214. The highest BCUT2D eigenvalue weighted by Gasteiger charge is 2.33. The smallest absolute Gasteiger partial charge is 0.418 e. The van der Waals surface area contributed by atoms with Crippen LogP contribution in [-0.2, 0) is 12.7 Å². The van der Waals surface area contributed by atoms with Crippen molar-refractivity contribution in [2.75, 3.05) is 12.4 Å². The molecule has 0 atom stereocenters. The van der Waals surface area contributed by atoms with Crippen molar-refractivity contribution >= 4 is 11.5 Å². The van der Waals surface area contributed by atoms with Gasteiger partial charge in [-0.3, -0.25) is 10.1 Å². The third kappa shape index (κ3) is 4.09. The maximum atomic E-state index is 12.6. The van der Waals surface area contributed by atoms with E-state index in [9.17, 15) is 23.3 Å². The van der Waals surface area contributed by atoms with E-state index in [0.717, 1.165) is 5.56 Å². The summed E-state index contributed by atoms with van der Waals surface area (Å²) in [6.45, 7) is 0.149. The minimum atomic E-state index is -4.69. The molecule has 1 heterocycles. The van der Waals surface area contributed by atoms with E-state index in [4.69, 9.17) is 4.74 Å². The first-order valence-electron chi connectivity index (χ1n) is 6.39. The normalized spacial score (nSPS) is 11.1. The average Bonchev–Trinajstić information content (AvgIpc) is 2.52. The van der Waals surface area contributed by atoms with E-state index < -0.39 is 22.4 Å². The van der Waals surface area contributed by atoms with E-state index in [1.807, 2.05) is 0 Å². The molecule has 0 fully saturated rings. The molecule has 0 saturated heterocycles. The van der Waals surface area contributed by atoms with E-state index in [-0.39, 0.29) is 12.4 Å². The average molecular weight is 327 g/mol. The zero-order valence-electron chi connectivity index (χ0n) is 11.9. The molecular weight excluding hydrogens is 315 g/mol. The minimum absolute atomic E-state index is 0.149. The van der Waals surface area contributed by atoms with Crippen LogP contribution in [0.25, 0.3) is 0 Å². The van der Waals surface area contributed by atoms with Gasteiger partial charge in [-0.25, -0.2) is 4.98 Å². The molecule has 0 aliphatic carbocycles. The summed E-state index contributed by atoms with van der Waals surface area (Å²) in [5, 5.41) is 13.6. The lowest BCUT2D eigenvalue weighted by atomic mass is 10.2. The molecule has 0 radical (unpaired) electrons. The van der Waals surface area contributed by atoms with Crippen molar-refractivity contribution in [1.82, 2.24) is 4.98 Å². The highest BCUT2D eigenvalue weighted by molar-refractivity contribution is 5.57. The van der Waals surface area contributed by atoms with Crippen molar-refractivity contribution < 1.29 is 22.8 Å². The van der Waals surface area contributed by atoms with Crippen molar-refractivity contribution in [2.24, 2.45) is 0 Å². The van der Waals surface area contributed by atoms with Crippen molar-refractivity contribution in [1.29, 1.82) is 0 Å². The molecule has 1 N–H and O–H groups in total. The summed E-state index contributed by atoms with van der Waals surface area (Å²) in [6.07, 6.45) is -4.13. The molecule has 0 amide bonds. The van der Waals surface area contributed by atoms with Gasteiger partial charge >= 0.3 is 11.9 Å². The van der Waals surface area contributed by atoms with Gasteiger partial charge in [0.25, 0.3) is 0 Å². The topological polar surface area (TPSA) is 77.3 Å². The Kier molecular flexibility index (Phi) is 4.68. The highest BCUT2D eigenvalue weighted by Crippen LogP contribution is 2.33. The molecule has 1 aromatic heterocycles. The SMILES string of the molecule is COc1cccc(CNc2ncc(C(F)(F)F)cc2[N+](=O)[O-])c1. The van der Waals surface area contributed by atoms with Crippen LogP contribution in [-0.4, -0.2) is 17.0 Å². The number of halogens is 3. The quantitative estimate of drug-likeness (QED) is 0.670. The van der Waals surface area contributed by atoms with Gasteiger partial charge in [-0.2, -0.15) is 13.2 Å². The highest BCUT2D eigenvalue weighted by atomic mass is 19.4. The number of alkyl halides is 3. The Morgan fingerprint density at radius 3 is 2.70 bits per heavy atom. The fourth-order valence-electron chi connectivity index (χ4n) is 1.85. The van der Waals surface area contributed by atoms with Crippen molar-refractivity contribution in [2.45, 2.75) is 12.7 Å². The molecule has 0 bridgehead atoms. The molecule has 0 aliphatic heterocycles. The predicted octanol–water partition coefficient (Wildman–Crippen LogP) is 3.63. The second-order valence-electron chi connectivity index (χ2n) is 4.55. The molecule has 0 aliphatic rings. The maximum Gasteiger partial charge on any atom is 0.418 e. The summed E-state index contributed by atoms with van der Waals surface area (Å²) in [4.78, 5) is 13.6. The molecule has 9 heteroatoms. The first-order valence-corrected chi connectivity index (χ1v) is 6.39. The number of pyridine rings is 1. The number of hydrogen-bond donors (Lipinski definition) is 1. The van der Waals surface area contributed by atoms with Gasteiger partial charge in [0.1, 0.15) is 5.75 Å². The van der Waals surface area contributed by atoms with E-state index in [1.54, 1.807) is 24.3 Å². The van der Waals surface area contributed by atoms with Crippen LogP contribution in [0, 0.1) is 10.1 Å². The number of ether oxygens (including phenoxy) is 1. The molecule has 2 rings (SSSR count). The number of rotatable bonds is 5. The molecule has 23 heavy (non-hydrogen) atoms. The lowest BCUT2D eigenvalue weighted by molar-refractivity contribution is -0.384. The number of hydrogen-bond acceptors (Lipinski definition) is 5. The van der Waals surface area contributed by atoms with Gasteiger partial charge in [0, 0.05) is 18.8 Å².